The molecule has 136 valence electrons. The summed E-state index contributed by atoms with van der Waals surface area (Å²) in [4.78, 5) is 0. The van der Waals surface area contributed by atoms with Crippen molar-refractivity contribution in [2.45, 2.75) is 44.3 Å². The Bertz CT molecular complexity index is 659. The Labute approximate surface area is 152 Å². The van der Waals surface area contributed by atoms with Crippen molar-refractivity contribution >= 4 is 12.4 Å². The Balaban J connectivity index is 0.00000225. The minimum absolute atomic E-state index is 0. The summed E-state index contributed by atoms with van der Waals surface area (Å²) in [7, 11) is 0. The standard InChI is InChI=1S/C20H22F3N.ClH/c21-20(22,23)18-12-10-15(11-13-18)14-6-8-17(9-7-14)19(24)16-4-2-1-3-5-16;/h6-13,16,19H,1-5,24H2;1H/t19-;/m1./s1. The van der Waals surface area contributed by atoms with E-state index in [1.807, 2.05) is 24.3 Å². The van der Waals surface area contributed by atoms with E-state index in [9.17, 15) is 13.2 Å². The molecule has 0 unspecified atom stereocenters. The summed E-state index contributed by atoms with van der Waals surface area (Å²) < 4.78 is 37.9. The SMILES string of the molecule is Cl.N[C@@H](c1ccc(-c2ccc(C(F)(F)F)cc2)cc1)C1CCCCC1. The van der Waals surface area contributed by atoms with Gasteiger partial charge in [0.05, 0.1) is 5.56 Å². The molecule has 1 fully saturated rings. The van der Waals surface area contributed by atoms with Crippen LogP contribution in [0.5, 0.6) is 0 Å². The van der Waals surface area contributed by atoms with E-state index in [-0.39, 0.29) is 18.4 Å². The highest BCUT2D eigenvalue weighted by Gasteiger charge is 2.30. The summed E-state index contributed by atoms with van der Waals surface area (Å²) >= 11 is 0. The number of alkyl halides is 3. The maximum absolute atomic E-state index is 12.6. The maximum Gasteiger partial charge on any atom is 0.416 e. The molecule has 25 heavy (non-hydrogen) atoms. The van der Waals surface area contributed by atoms with Crippen molar-refractivity contribution in [1.82, 2.24) is 0 Å². The second-order valence-corrected chi connectivity index (χ2v) is 6.62. The summed E-state index contributed by atoms with van der Waals surface area (Å²) in [6, 6.07) is 13.2. The van der Waals surface area contributed by atoms with Crippen LogP contribution in [0.25, 0.3) is 11.1 Å². The average molecular weight is 370 g/mol. The fourth-order valence-corrected chi connectivity index (χ4v) is 3.51. The van der Waals surface area contributed by atoms with Crippen molar-refractivity contribution in [1.29, 1.82) is 0 Å². The lowest BCUT2D eigenvalue weighted by atomic mass is 9.81. The summed E-state index contributed by atoms with van der Waals surface area (Å²) in [5, 5.41) is 0. The van der Waals surface area contributed by atoms with E-state index in [0.717, 1.165) is 28.8 Å². The largest absolute Gasteiger partial charge is 0.416 e. The van der Waals surface area contributed by atoms with Gasteiger partial charge in [-0.3, -0.25) is 0 Å². The first-order chi connectivity index (χ1) is 11.4. The van der Waals surface area contributed by atoms with E-state index < -0.39 is 11.7 Å². The molecular formula is C20H23ClF3N. The molecule has 0 spiro atoms. The molecule has 0 bridgehead atoms. The second-order valence-electron chi connectivity index (χ2n) is 6.62. The molecule has 2 aromatic carbocycles. The third kappa shape index (κ3) is 4.77. The molecule has 3 rings (SSSR count). The molecule has 2 N–H and O–H groups in total. The zero-order valence-electron chi connectivity index (χ0n) is 13.9. The second kappa shape index (κ2) is 8.24. The zero-order chi connectivity index (χ0) is 17.2. The minimum atomic E-state index is -4.30. The van der Waals surface area contributed by atoms with Crippen LogP contribution in [0, 0.1) is 5.92 Å². The predicted octanol–water partition coefficient (Wildman–Crippen LogP) is 6.37. The van der Waals surface area contributed by atoms with Crippen LogP contribution >= 0.6 is 12.4 Å². The van der Waals surface area contributed by atoms with Gasteiger partial charge in [0.2, 0.25) is 0 Å². The number of hydrogen-bond donors (Lipinski definition) is 1. The monoisotopic (exact) mass is 369 g/mol. The first-order valence-electron chi connectivity index (χ1n) is 8.48. The Morgan fingerprint density at radius 2 is 1.28 bits per heavy atom. The van der Waals surface area contributed by atoms with Crippen molar-refractivity contribution in [3.63, 3.8) is 0 Å². The Morgan fingerprint density at radius 1 is 0.800 bits per heavy atom. The molecule has 1 atom stereocenters. The lowest BCUT2D eigenvalue weighted by Gasteiger charge is -2.27. The van der Waals surface area contributed by atoms with Gasteiger partial charge in [-0.15, -0.1) is 12.4 Å². The molecule has 0 aliphatic heterocycles. The molecule has 1 nitrogen and oxygen atoms in total. The molecule has 1 aliphatic rings. The Hall–Kier alpha value is -1.52. The predicted molar refractivity (Wildman–Crippen MR) is 97.6 cm³/mol. The quantitative estimate of drug-likeness (QED) is 0.667. The van der Waals surface area contributed by atoms with E-state index in [4.69, 9.17) is 5.73 Å². The van der Waals surface area contributed by atoms with Crippen LogP contribution in [0.4, 0.5) is 13.2 Å². The van der Waals surface area contributed by atoms with E-state index in [2.05, 4.69) is 0 Å². The van der Waals surface area contributed by atoms with Gasteiger partial charge in [0.1, 0.15) is 0 Å². The van der Waals surface area contributed by atoms with Crippen molar-refractivity contribution in [3.05, 3.63) is 59.7 Å². The van der Waals surface area contributed by atoms with E-state index in [1.165, 1.54) is 44.2 Å². The van der Waals surface area contributed by atoms with Crippen molar-refractivity contribution in [3.8, 4) is 11.1 Å². The highest BCUT2D eigenvalue weighted by atomic mass is 35.5. The third-order valence-electron chi connectivity index (χ3n) is 5.00. The lowest BCUT2D eigenvalue weighted by Crippen LogP contribution is -2.23. The van der Waals surface area contributed by atoms with Crippen LogP contribution in [0.3, 0.4) is 0 Å². The summed E-state index contributed by atoms with van der Waals surface area (Å²) in [5.74, 6) is 0.538. The summed E-state index contributed by atoms with van der Waals surface area (Å²) in [5.41, 5.74) is 8.57. The van der Waals surface area contributed by atoms with Gasteiger partial charge in [-0.05, 0) is 47.6 Å². The Morgan fingerprint density at radius 3 is 1.76 bits per heavy atom. The molecule has 0 amide bonds. The van der Waals surface area contributed by atoms with Crippen LogP contribution in [0.1, 0.15) is 49.3 Å². The first-order valence-corrected chi connectivity index (χ1v) is 8.48. The molecule has 0 aromatic heterocycles. The van der Waals surface area contributed by atoms with Crippen LogP contribution in [-0.2, 0) is 6.18 Å². The summed E-state index contributed by atoms with van der Waals surface area (Å²) in [6.45, 7) is 0. The van der Waals surface area contributed by atoms with Gasteiger partial charge < -0.3 is 5.73 Å². The van der Waals surface area contributed by atoms with Crippen molar-refractivity contribution in [2.24, 2.45) is 11.7 Å². The van der Waals surface area contributed by atoms with Gasteiger partial charge in [0.25, 0.3) is 0 Å². The number of nitrogens with two attached hydrogens (primary N) is 1. The first kappa shape index (κ1) is 19.8. The van der Waals surface area contributed by atoms with Gasteiger partial charge in [-0.25, -0.2) is 0 Å². The zero-order valence-corrected chi connectivity index (χ0v) is 14.7. The van der Waals surface area contributed by atoms with Gasteiger partial charge in [0, 0.05) is 6.04 Å². The van der Waals surface area contributed by atoms with Crippen molar-refractivity contribution in [2.75, 3.05) is 0 Å². The number of halogens is 4. The molecule has 0 heterocycles. The highest BCUT2D eigenvalue weighted by Crippen LogP contribution is 2.34. The smallest absolute Gasteiger partial charge is 0.324 e. The van der Waals surface area contributed by atoms with Crippen LogP contribution in [-0.4, -0.2) is 0 Å². The molecule has 0 radical (unpaired) electrons. The van der Waals surface area contributed by atoms with E-state index >= 15 is 0 Å². The van der Waals surface area contributed by atoms with E-state index in [0.29, 0.717) is 5.92 Å². The highest BCUT2D eigenvalue weighted by molar-refractivity contribution is 5.85. The number of rotatable bonds is 3. The molecule has 2 aromatic rings. The topological polar surface area (TPSA) is 26.0 Å². The van der Waals surface area contributed by atoms with E-state index in [1.54, 1.807) is 0 Å². The maximum atomic E-state index is 12.6. The lowest BCUT2D eigenvalue weighted by molar-refractivity contribution is -0.137. The van der Waals surface area contributed by atoms with Gasteiger partial charge >= 0.3 is 6.18 Å². The summed E-state index contributed by atoms with van der Waals surface area (Å²) in [6.07, 6.45) is 1.87. The molecular weight excluding hydrogens is 347 g/mol. The van der Waals surface area contributed by atoms with Gasteiger partial charge in [-0.1, -0.05) is 55.7 Å². The Kier molecular flexibility index (Phi) is 6.53. The number of benzene rings is 2. The normalized spacial score (nSPS) is 17.0. The molecule has 0 saturated heterocycles. The minimum Gasteiger partial charge on any atom is -0.324 e. The number of hydrogen-bond acceptors (Lipinski definition) is 1. The fraction of sp³-hybridized carbons (Fsp3) is 0.400. The van der Waals surface area contributed by atoms with Crippen LogP contribution in [0.2, 0.25) is 0 Å². The molecule has 1 aliphatic carbocycles. The van der Waals surface area contributed by atoms with Gasteiger partial charge in [0.15, 0.2) is 0 Å². The van der Waals surface area contributed by atoms with Gasteiger partial charge in [-0.2, -0.15) is 13.2 Å². The van der Waals surface area contributed by atoms with Crippen LogP contribution in [0.15, 0.2) is 48.5 Å². The molecule has 5 heteroatoms. The van der Waals surface area contributed by atoms with Crippen molar-refractivity contribution < 1.29 is 13.2 Å². The third-order valence-corrected chi connectivity index (χ3v) is 5.00. The average Bonchev–Trinajstić information content (AvgIpc) is 2.61. The van der Waals surface area contributed by atoms with Crippen LogP contribution < -0.4 is 5.73 Å². The fourth-order valence-electron chi connectivity index (χ4n) is 3.51. The molecule has 1 saturated carbocycles.